The fourth-order valence-electron chi connectivity index (χ4n) is 3.18. The van der Waals surface area contributed by atoms with E-state index in [0.29, 0.717) is 0 Å². The Morgan fingerprint density at radius 1 is 0.852 bits per heavy atom. The van der Waals surface area contributed by atoms with Crippen molar-refractivity contribution >= 4 is 23.1 Å². The van der Waals surface area contributed by atoms with Crippen LogP contribution in [0.4, 0.5) is 23.1 Å². The van der Waals surface area contributed by atoms with Crippen molar-refractivity contribution in [2.45, 2.75) is 0 Å². The number of nitrogens with zero attached hydrogens (tertiary/aromatic N) is 5. The molecular weight excluding hydrogens is 340 g/mol. The number of nitrogens with one attached hydrogen (secondary N) is 1. The molecule has 1 saturated heterocycles. The summed E-state index contributed by atoms with van der Waals surface area (Å²) in [5, 5.41) is 3.31. The Kier molecular flexibility index (Phi) is 5.00. The summed E-state index contributed by atoms with van der Waals surface area (Å²) in [7, 11) is 1.66. The summed E-state index contributed by atoms with van der Waals surface area (Å²) in [5.41, 5.74) is 0.879. The number of aromatic nitrogens is 3. The van der Waals surface area contributed by atoms with Crippen molar-refractivity contribution in [1.29, 1.82) is 0 Å². The number of pyridine rings is 1. The molecule has 3 heterocycles. The van der Waals surface area contributed by atoms with Gasteiger partial charge >= 0.3 is 0 Å². The first-order chi connectivity index (χ1) is 13.3. The molecule has 1 aromatic carbocycles. The summed E-state index contributed by atoms with van der Waals surface area (Å²) in [6, 6.07) is 15.8. The van der Waals surface area contributed by atoms with E-state index >= 15 is 0 Å². The maximum atomic E-state index is 5.39. The molecular formula is C20H22N6O. The van der Waals surface area contributed by atoms with E-state index in [2.05, 4.69) is 36.1 Å². The van der Waals surface area contributed by atoms with Crippen LogP contribution in [0.5, 0.6) is 5.75 Å². The van der Waals surface area contributed by atoms with Gasteiger partial charge in [-0.2, -0.15) is 0 Å². The van der Waals surface area contributed by atoms with Crippen LogP contribution in [0.1, 0.15) is 0 Å². The number of anilines is 4. The van der Waals surface area contributed by atoms with Crippen LogP contribution < -0.4 is 19.9 Å². The van der Waals surface area contributed by atoms with Gasteiger partial charge in [-0.3, -0.25) is 0 Å². The van der Waals surface area contributed by atoms with Crippen LogP contribution in [0.3, 0.4) is 0 Å². The average Bonchev–Trinajstić information content (AvgIpc) is 2.75. The van der Waals surface area contributed by atoms with Gasteiger partial charge in [-0.05, 0) is 24.3 Å². The molecule has 0 spiro atoms. The number of hydrogen-bond acceptors (Lipinski definition) is 7. The Morgan fingerprint density at radius 3 is 2.33 bits per heavy atom. The second-order valence-corrected chi connectivity index (χ2v) is 6.25. The Bertz CT molecular complexity index is 880. The molecule has 1 aliphatic heterocycles. The molecule has 0 bridgehead atoms. The number of hydrogen-bond donors (Lipinski definition) is 1. The molecule has 0 unspecified atom stereocenters. The number of methoxy groups -OCH3 is 1. The molecule has 27 heavy (non-hydrogen) atoms. The zero-order valence-corrected chi connectivity index (χ0v) is 15.2. The Morgan fingerprint density at radius 2 is 1.59 bits per heavy atom. The van der Waals surface area contributed by atoms with Crippen molar-refractivity contribution in [3.63, 3.8) is 0 Å². The Hall–Kier alpha value is -3.35. The fraction of sp³-hybridized carbons (Fsp3) is 0.250. The van der Waals surface area contributed by atoms with Crippen LogP contribution in [0.25, 0.3) is 0 Å². The normalized spacial score (nSPS) is 14.1. The summed E-state index contributed by atoms with van der Waals surface area (Å²) in [5.74, 6) is 3.47. The van der Waals surface area contributed by atoms with E-state index in [9.17, 15) is 0 Å². The van der Waals surface area contributed by atoms with E-state index in [0.717, 1.165) is 55.1 Å². The summed E-state index contributed by atoms with van der Waals surface area (Å²) < 4.78 is 5.39. The second kappa shape index (κ2) is 7.90. The third-order valence-electron chi connectivity index (χ3n) is 4.60. The Balaban J connectivity index is 1.44. The molecule has 7 nitrogen and oxygen atoms in total. The molecule has 3 aromatic rings. The Labute approximate surface area is 158 Å². The lowest BCUT2D eigenvalue weighted by Gasteiger charge is -2.36. The minimum absolute atomic E-state index is 0.747. The fourth-order valence-corrected chi connectivity index (χ4v) is 3.18. The van der Waals surface area contributed by atoms with E-state index in [-0.39, 0.29) is 0 Å². The second-order valence-electron chi connectivity index (χ2n) is 6.25. The highest BCUT2D eigenvalue weighted by Gasteiger charge is 2.19. The number of ether oxygens (including phenoxy) is 1. The van der Waals surface area contributed by atoms with E-state index < -0.39 is 0 Å². The monoisotopic (exact) mass is 362 g/mol. The van der Waals surface area contributed by atoms with Crippen LogP contribution in [0, 0.1) is 0 Å². The topological polar surface area (TPSA) is 66.4 Å². The summed E-state index contributed by atoms with van der Waals surface area (Å²) in [4.78, 5) is 17.8. The SMILES string of the molecule is COc1ccccc1Nc1cc(N2CCN(c3ccccn3)CC2)ncn1. The van der Waals surface area contributed by atoms with Gasteiger partial charge in [0.1, 0.15) is 29.5 Å². The number of piperazine rings is 1. The largest absolute Gasteiger partial charge is 0.495 e. The molecule has 1 aliphatic rings. The third kappa shape index (κ3) is 3.92. The highest BCUT2D eigenvalue weighted by molar-refractivity contribution is 5.65. The number of rotatable bonds is 5. The molecule has 0 amide bonds. The van der Waals surface area contributed by atoms with Crippen LogP contribution in [-0.4, -0.2) is 48.2 Å². The number of benzene rings is 1. The molecule has 0 radical (unpaired) electrons. The lowest BCUT2D eigenvalue weighted by Crippen LogP contribution is -2.47. The van der Waals surface area contributed by atoms with Gasteiger partial charge in [-0.25, -0.2) is 15.0 Å². The van der Waals surface area contributed by atoms with Crippen molar-refractivity contribution < 1.29 is 4.74 Å². The van der Waals surface area contributed by atoms with Crippen molar-refractivity contribution in [2.75, 3.05) is 48.4 Å². The maximum Gasteiger partial charge on any atom is 0.142 e. The highest BCUT2D eigenvalue weighted by Crippen LogP contribution is 2.27. The molecule has 2 aromatic heterocycles. The quantitative estimate of drug-likeness (QED) is 0.748. The van der Waals surface area contributed by atoms with Gasteiger partial charge in [-0.1, -0.05) is 18.2 Å². The van der Waals surface area contributed by atoms with Crippen LogP contribution >= 0.6 is 0 Å². The van der Waals surface area contributed by atoms with Gasteiger partial charge < -0.3 is 19.9 Å². The standard InChI is InChI=1S/C20H22N6O/c1-27-17-7-3-2-6-16(17)24-18-14-20(23-15-22-18)26-12-10-25(11-13-26)19-8-4-5-9-21-19/h2-9,14-15H,10-13H2,1H3,(H,22,23,24). The summed E-state index contributed by atoms with van der Waals surface area (Å²) >= 11 is 0. The van der Waals surface area contributed by atoms with Crippen LogP contribution in [-0.2, 0) is 0 Å². The molecule has 0 atom stereocenters. The van der Waals surface area contributed by atoms with E-state index in [1.807, 2.05) is 48.7 Å². The predicted octanol–water partition coefficient (Wildman–Crippen LogP) is 2.95. The maximum absolute atomic E-state index is 5.39. The summed E-state index contributed by atoms with van der Waals surface area (Å²) in [6.45, 7) is 3.61. The minimum Gasteiger partial charge on any atom is -0.495 e. The van der Waals surface area contributed by atoms with Crippen LogP contribution in [0.15, 0.2) is 61.1 Å². The van der Waals surface area contributed by atoms with E-state index in [1.165, 1.54) is 0 Å². The first-order valence-electron chi connectivity index (χ1n) is 8.96. The van der Waals surface area contributed by atoms with E-state index in [1.54, 1.807) is 13.4 Å². The predicted molar refractivity (Wildman–Crippen MR) is 107 cm³/mol. The molecule has 1 fully saturated rings. The van der Waals surface area contributed by atoms with Gasteiger partial charge in [0.25, 0.3) is 0 Å². The zero-order valence-electron chi connectivity index (χ0n) is 15.2. The first kappa shape index (κ1) is 17.1. The van der Waals surface area contributed by atoms with Crippen molar-refractivity contribution in [3.8, 4) is 5.75 Å². The zero-order chi connectivity index (χ0) is 18.5. The highest BCUT2D eigenvalue weighted by atomic mass is 16.5. The van der Waals surface area contributed by atoms with Gasteiger partial charge in [-0.15, -0.1) is 0 Å². The molecule has 1 N–H and O–H groups in total. The molecule has 7 heteroatoms. The van der Waals surface area contributed by atoms with Crippen molar-refractivity contribution in [3.05, 3.63) is 61.1 Å². The van der Waals surface area contributed by atoms with Gasteiger partial charge in [0.05, 0.1) is 12.8 Å². The summed E-state index contributed by atoms with van der Waals surface area (Å²) in [6.07, 6.45) is 3.43. The van der Waals surface area contributed by atoms with Crippen molar-refractivity contribution in [1.82, 2.24) is 15.0 Å². The lowest BCUT2D eigenvalue weighted by molar-refractivity contribution is 0.417. The van der Waals surface area contributed by atoms with Gasteiger partial charge in [0.15, 0.2) is 0 Å². The molecule has 138 valence electrons. The van der Waals surface area contributed by atoms with Crippen molar-refractivity contribution in [2.24, 2.45) is 0 Å². The minimum atomic E-state index is 0.747. The molecule has 0 aliphatic carbocycles. The molecule has 4 rings (SSSR count). The number of para-hydroxylation sites is 2. The smallest absolute Gasteiger partial charge is 0.142 e. The van der Waals surface area contributed by atoms with E-state index in [4.69, 9.17) is 4.74 Å². The molecule has 0 saturated carbocycles. The average molecular weight is 362 g/mol. The van der Waals surface area contributed by atoms with Gasteiger partial charge in [0, 0.05) is 38.4 Å². The van der Waals surface area contributed by atoms with Gasteiger partial charge in [0.2, 0.25) is 0 Å². The third-order valence-corrected chi connectivity index (χ3v) is 4.60. The first-order valence-corrected chi connectivity index (χ1v) is 8.96. The van der Waals surface area contributed by atoms with Crippen LogP contribution in [0.2, 0.25) is 0 Å². The lowest BCUT2D eigenvalue weighted by atomic mass is 10.3.